The van der Waals surface area contributed by atoms with E-state index in [1.54, 1.807) is 13.0 Å². The van der Waals surface area contributed by atoms with Gasteiger partial charge in [-0.05, 0) is 24.8 Å². The van der Waals surface area contributed by atoms with Gasteiger partial charge in [-0.25, -0.2) is 0 Å². The summed E-state index contributed by atoms with van der Waals surface area (Å²) in [5.41, 5.74) is -1.36. The Kier molecular flexibility index (Phi) is 10.6. The van der Waals surface area contributed by atoms with Gasteiger partial charge in [0.15, 0.2) is 12.6 Å². The van der Waals surface area contributed by atoms with Crippen LogP contribution in [0.4, 0.5) is 0 Å². The Morgan fingerprint density at radius 3 is 2.36 bits per heavy atom. The molecule has 9 atom stereocenters. The van der Waals surface area contributed by atoms with Crippen LogP contribution >= 0.6 is 0 Å². The van der Waals surface area contributed by atoms with Crippen molar-refractivity contribution in [3.05, 3.63) is 11.6 Å². The summed E-state index contributed by atoms with van der Waals surface area (Å²) in [6.07, 6.45) is -8.81. The topological polar surface area (TPSA) is 216 Å². The molecule has 13 nitrogen and oxygen atoms in total. The third-order valence-corrected chi connectivity index (χ3v) is 5.88. The minimum atomic E-state index is -1.90. The number of ether oxygens (including phenoxy) is 4. The van der Waals surface area contributed by atoms with Crippen molar-refractivity contribution in [3.8, 4) is 0 Å². The molecule has 1 unspecified atom stereocenters. The van der Waals surface area contributed by atoms with Crippen LogP contribution in [0, 0.1) is 5.92 Å². The first kappa shape index (κ1) is 28.0. The molecule has 0 aromatic heterocycles. The molecule has 192 valence electrons. The van der Waals surface area contributed by atoms with Crippen molar-refractivity contribution in [3.63, 3.8) is 0 Å². The van der Waals surface area contributed by atoms with Gasteiger partial charge in [0.25, 0.3) is 0 Å². The van der Waals surface area contributed by atoms with E-state index in [-0.39, 0.29) is 32.7 Å². The highest BCUT2D eigenvalue weighted by atomic mass is 16.7. The van der Waals surface area contributed by atoms with Gasteiger partial charge < -0.3 is 59.8 Å². The van der Waals surface area contributed by atoms with Crippen LogP contribution in [-0.4, -0.2) is 129 Å². The molecule has 2 fully saturated rings. The Balaban J connectivity index is 1.98. The second-order valence-corrected chi connectivity index (χ2v) is 8.22. The molecule has 33 heavy (non-hydrogen) atoms. The van der Waals surface area contributed by atoms with Crippen LogP contribution in [0.2, 0.25) is 0 Å². The van der Waals surface area contributed by atoms with E-state index < -0.39 is 73.8 Å². The summed E-state index contributed by atoms with van der Waals surface area (Å²) in [4.78, 5) is 11.1. The third kappa shape index (κ3) is 6.90. The van der Waals surface area contributed by atoms with E-state index in [0.717, 1.165) is 0 Å². The average molecular weight is 482 g/mol. The summed E-state index contributed by atoms with van der Waals surface area (Å²) in [6.45, 7) is -0.295. The van der Waals surface area contributed by atoms with Gasteiger partial charge in [-0.1, -0.05) is 6.08 Å². The van der Waals surface area contributed by atoms with Gasteiger partial charge in [0, 0.05) is 6.61 Å². The standard InChI is InChI=1S/C20H34O13/c1-2-10(11(3-4-21)5-13(23)24)6-30-18-16(27)15(26)14(25)12(33-18)7-31-19-17(28)20(29,8-22)9-32-19/h2,11-12,14-19,21-22,25-29H,3-9H2,1H3,(H,23,24)/b10-2-/t11?,12-,14-,15+,16-,17+,18-,19-,20-/m1/s1. The number of rotatable bonds is 12. The van der Waals surface area contributed by atoms with E-state index in [4.69, 9.17) is 24.1 Å². The number of carbonyl (C=O) groups is 1. The van der Waals surface area contributed by atoms with Gasteiger partial charge in [0.2, 0.25) is 0 Å². The molecule has 2 saturated heterocycles. The zero-order valence-electron chi connectivity index (χ0n) is 18.3. The predicted molar refractivity (Wildman–Crippen MR) is 108 cm³/mol. The van der Waals surface area contributed by atoms with Crippen molar-refractivity contribution >= 4 is 5.97 Å². The molecule has 13 heteroatoms. The van der Waals surface area contributed by atoms with Gasteiger partial charge in [-0.3, -0.25) is 4.79 Å². The number of hydrogen-bond acceptors (Lipinski definition) is 12. The second-order valence-electron chi connectivity index (χ2n) is 8.22. The minimum Gasteiger partial charge on any atom is -0.481 e. The maximum atomic E-state index is 11.1. The molecule has 0 aromatic carbocycles. The fourth-order valence-electron chi connectivity index (χ4n) is 3.72. The number of aliphatic carboxylic acids is 1. The van der Waals surface area contributed by atoms with E-state index >= 15 is 0 Å². The van der Waals surface area contributed by atoms with Crippen molar-refractivity contribution in [1.82, 2.24) is 0 Å². The summed E-state index contributed by atoms with van der Waals surface area (Å²) in [6, 6.07) is 0. The highest BCUT2D eigenvalue weighted by molar-refractivity contribution is 5.67. The van der Waals surface area contributed by atoms with Crippen molar-refractivity contribution < 1.29 is 64.6 Å². The molecule has 0 amide bonds. The smallest absolute Gasteiger partial charge is 0.303 e. The highest BCUT2D eigenvalue weighted by Crippen LogP contribution is 2.28. The summed E-state index contributed by atoms with van der Waals surface area (Å²) < 4.78 is 21.5. The molecule has 2 rings (SSSR count). The average Bonchev–Trinajstić information content (AvgIpc) is 3.07. The lowest BCUT2D eigenvalue weighted by atomic mass is 9.92. The zero-order valence-corrected chi connectivity index (χ0v) is 18.3. The number of carboxylic acid groups (broad SMARTS) is 1. The Labute approximate surface area is 190 Å². The van der Waals surface area contributed by atoms with Gasteiger partial charge in [-0.15, -0.1) is 0 Å². The first-order valence-electron chi connectivity index (χ1n) is 10.6. The second kappa shape index (κ2) is 12.5. The van der Waals surface area contributed by atoms with Crippen LogP contribution in [0.5, 0.6) is 0 Å². The molecular weight excluding hydrogens is 448 g/mol. The maximum absolute atomic E-state index is 11.1. The Morgan fingerprint density at radius 2 is 1.82 bits per heavy atom. The highest BCUT2D eigenvalue weighted by Gasteiger charge is 2.50. The Bertz CT molecular complexity index is 658. The molecule has 2 heterocycles. The van der Waals surface area contributed by atoms with Crippen molar-refractivity contribution in [1.29, 1.82) is 0 Å². The van der Waals surface area contributed by atoms with Crippen molar-refractivity contribution in [2.24, 2.45) is 5.92 Å². The third-order valence-electron chi connectivity index (χ3n) is 5.88. The monoisotopic (exact) mass is 482 g/mol. The van der Waals surface area contributed by atoms with Gasteiger partial charge >= 0.3 is 5.97 Å². The van der Waals surface area contributed by atoms with Crippen LogP contribution in [0.15, 0.2) is 11.6 Å². The number of aliphatic hydroxyl groups excluding tert-OH is 6. The van der Waals surface area contributed by atoms with Crippen LogP contribution in [0.1, 0.15) is 19.8 Å². The normalized spacial score (nSPS) is 38.4. The number of carboxylic acids is 1. The molecule has 2 aliphatic heterocycles. The van der Waals surface area contributed by atoms with E-state index in [2.05, 4.69) is 0 Å². The summed E-state index contributed by atoms with van der Waals surface area (Å²) >= 11 is 0. The summed E-state index contributed by atoms with van der Waals surface area (Å²) in [7, 11) is 0. The van der Waals surface area contributed by atoms with Crippen LogP contribution < -0.4 is 0 Å². The minimum absolute atomic E-state index is 0.166. The Hall–Kier alpha value is -1.23. The predicted octanol–water partition coefficient (Wildman–Crippen LogP) is -3.31. The summed E-state index contributed by atoms with van der Waals surface area (Å²) in [5.74, 6) is -1.57. The lowest BCUT2D eigenvalue weighted by Crippen LogP contribution is -2.59. The molecular formula is C20H34O13. The number of allylic oxidation sites excluding steroid dienone is 1. The molecule has 0 aliphatic carbocycles. The SMILES string of the molecule is C/C=C(/CO[C@@H]1O[C@H](CO[C@@H]2OC[C@](O)(CO)[C@H]2O)[C@@H](O)[C@H](O)[C@H]1O)C(CCO)CC(=O)O. The molecule has 0 saturated carbocycles. The van der Waals surface area contributed by atoms with E-state index in [1.807, 2.05) is 0 Å². The molecule has 0 radical (unpaired) electrons. The molecule has 0 spiro atoms. The maximum Gasteiger partial charge on any atom is 0.303 e. The van der Waals surface area contributed by atoms with Crippen LogP contribution in [0.3, 0.4) is 0 Å². The number of hydrogen-bond donors (Lipinski definition) is 8. The van der Waals surface area contributed by atoms with Crippen molar-refractivity contribution in [2.75, 3.05) is 33.0 Å². The fraction of sp³-hybridized carbons (Fsp3) is 0.850. The summed E-state index contributed by atoms with van der Waals surface area (Å²) in [5, 5.41) is 78.2. The van der Waals surface area contributed by atoms with Crippen LogP contribution in [-0.2, 0) is 23.7 Å². The van der Waals surface area contributed by atoms with Gasteiger partial charge in [0.1, 0.15) is 36.1 Å². The quantitative estimate of drug-likeness (QED) is 0.128. The van der Waals surface area contributed by atoms with Gasteiger partial charge in [-0.2, -0.15) is 0 Å². The first-order valence-corrected chi connectivity index (χ1v) is 10.6. The van der Waals surface area contributed by atoms with Crippen molar-refractivity contribution in [2.45, 2.75) is 68.5 Å². The van der Waals surface area contributed by atoms with E-state index in [1.165, 1.54) is 0 Å². The molecule has 0 bridgehead atoms. The lowest BCUT2D eigenvalue weighted by Gasteiger charge is -2.40. The Morgan fingerprint density at radius 1 is 1.12 bits per heavy atom. The van der Waals surface area contributed by atoms with E-state index in [9.17, 15) is 40.5 Å². The first-order chi connectivity index (χ1) is 15.6. The van der Waals surface area contributed by atoms with Crippen LogP contribution in [0.25, 0.3) is 0 Å². The van der Waals surface area contributed by atoms with Gasteiger partial charge in [0.05, 0.1) is 32.8 Å². The largest absolute Gasteiger partial charge is 0.481 e. The molecule has 0 aromatic rings. The number of aliphatic hydroxyl groups is 7. The molecule has 8 N–H and O–H groups in total. The fourth-order valence-corrected chi connectivity index (χ4v) is 3.72. The zero-order chi connectivity index (χ0) is 24.8. The van der Waals surface area contributed by atoms with E-state index in [0.29, 0.717) is 5.57 Å². The molecule has 2 aliphatic rings. The lowest BCUT2D eigenvalue weighted by molar-refractivity contribution is -0.308.